The Morgan fingerprint density at radius 2 is 1.90 bits per heavy atom. The second-order valence-electron chi connectivity index (χ2n) is 4.68. The van der Waals surface area contributed by atoms with Crippen molar-refractivity contribution in [2.75, 3.05) is 7.11 Å². The summed E-state index contributed by atoms with van der Waals surface area (Å²) in [7, 11) is 1.54. The van der Waals surface area contributed by atoms with Gasteiger partial charge in [-0.3, -0.25) is 0 Å². The summed E-state index contributed by atoms with van der Waals surface area (Å²) >= 11 is 9.70. The van der Waals surface area contributed by atoms with Gasteiger partial charge in [0.1, 0.15) is 11.6 Å². The van der Waals surface area contributed by atoms with Gasteiger partial charge in [0.25, 0.3) is 0 Å². The Bertz CT molecular complexity index is 643. The van der Waals surface area contributed by atoms with E-state index in [4.69, 9.17) is 16.3 Å². The van der Waals surface area contributed by atoms with Crippen molar-refractivity contribution in [3.8, 4) is 5.75 Å². The van der Waals surface area contributed by atoms with Crippen LogP contribution in [0.3, 0.4) is 0 Å². The van der Waals surface area contributed by atoms with E-state index in [0.29, 0.717) is 16.3 Å². The fourth-order valence-corrected chi connectivity index (χ4v) is 3.33. The average molecular weight is 358 g/mol. The molecule has 0 spiro atoms. The molecular formula is C16H15BrClFO. The normalized spacial score (nSPS) is 12.3. The molecule has 1 unspecified atom stereocenters. The Morgan fingerprint density at radius 1 is 1.20 bits per heavy atom. The number of benzene rings is 2. The van der Waals surface area contributed by atoms with Crippen LogP contribution in [-0.2, 0) is 0 Å². The first-order chi connectivity index (χ1) is 9.45. The van der Waals surface area contributed by atoms with E-state index in [9.17, 15) is 4.39 Å². The zero-order chi connectivity index (χ0) is 14.9. The van der Waals surface area contributed by atoms with Gasteiger partial charge in [-0.1, -0.05) is 39.7 Å². The lowest BCUT2D eigenvalue weighted by Crippen LogP contribution is -2.02. The number of halogens is 3. The molecule has 20 heavy (non-hydrogen) atoms. The lowest BCUT2D eigenvalue weighted by molar-refractivity contribution is 0.405. The van der Waals surface area contributed by atoms with Crippen molar-refractivity contribution < 1.29 is 9.13 Å². The molecule has 0 saturated carbocycles. The second kappa shape index (κ2) is 6.15. The molecule has 106 valence electrons. The monoisotopic (exact) mass is 356 g/mol. The summed E-state index contributed by atoms with van der Waals surface area (Å²) in [6.07, 6.45) is 0. The smallest absolute Gasteiger partial charge is 0.131 e. The molecule has 4 heteroatoms. The minimum Gasteiger partial charge on any atom is -0.496 e. The van der Waals surface area contributed by atoms with Gasteiger partial charge in [-0.05, 0) is 48.7 Å². The molecule has 2 rings (SSSR count). The Kier molecular flexibility index (Phi) is 4.71. The van der Waals surface area contributed by atoms with Crippen LogP contribution in [0.1, 0.15) is 27.1 Å². The summed E-state index contributed by atoms with van der Waals surface area (Å²) in [5, 5.41) is 0.714. The van der Waals surface area contributed by atoms with E-state index in [1.807, 2.05) is 26.0 Å². The number of aryl methyl sites for hydroxylation is 2. The molecule has 0 aromatic heterocycles. The summed E-state index contributed by atoms with van der Waals surface area (Å²) in [4.78, 5) is -0.283. The van der Waals surface area contributed by atoms with Crippen LogP contribution >= 0.6 is 27.5 Å². The molecule has 0 bridgehead atoms. The van der Waals surface area contributed by atoms with Gasteiger partial charge in [-0.25, -0.2) is 4.39 Å². The van der Waals surface area contributed by atoms with E-state index >= 15 is 0 Å². The summed E-state index contributed by atoms with van der Waals surface area (Å²) in [5.41, 5.74) is 3.45. The van der Waals surface area contributed by atoms with Gasteiger partial charge >= 0.3 is 0 Å². The van der Waals surface area contributed by atoms with Gasteiger partial charge in [0.05, 0.1) is 11.9 Å². The molecule has 0 fully saturated rings. The van der Waals surface area contributed by atoms with Crippen LogP contribution in [-0.4, -0.2) is 7.11 Å². The largest absolute Gasteiger partial charge is 0.496 e. The van der Waals surface area contributed by atoms with Crippen LogP contribution in [0.4, 0.5) is 4.39 Å². The summed E-state index contributed by atoms with van der Waals surface area (Å²) in [6, 6.07) is 8.70. The van der Waals surface area contributed by atoms with Gasteiger partial charge in [0.2, 0.25) is 0 Å². The van der Waals surface area contributed by atoms with Crippen molar-refractivity contribution in [1.82, 2.24) is 0 Å². The quantitative estimate of drug-likeness (QED) is 0.651. The van der Waals surface area contributed by atoms with E-state index in [2.05, 4.69) is 15.9 Å². The van der Waals surface area contributed by atoms with Gasteiger partial charge in [-0.2, -0.15) is 0 Å². The first-order valence-electron chi connectivity index (χ1n) is 6.18. The number of ether oxygens (including phenoxy) is 1. The number of alkyl halides is 1. The van der Waals surface area contributed by atoms with Crippen molar-refractivity contribution in [1.29, 1.82) is 0 Å². The highest BCUT2D eigenvalue weighted by Gasteiger charge is 2.21. The van der Waals surface area contributed by atoms with Gasteiger partial charge in [0.15, 0.2) is 0 Å². The molecule has 0 radical (unpaired) electrons. The van der Waals surface area contributed by atoms with Crippen molar-refractivity contribution in [2.45, 2.75) is 18.7 Å². The number of hydrogen-bond acceptors (Lipinski definition) is 1. The van der Waals surface area contributed by atoms with Crippen molar-refractivity contribution in [3.63, 3.8) is 0 Å². The molecule has 0 aliphatic heterocycles. The fourth-order valence-electron chi connectivity index (χ4n) is 2.17. The maximum Gasteiger partial charge on any atom is 0.131 e. The molecule has 2 aromatic rings. The minimum absolute atomic E-state index is 0.283. The third-order valence-corrected chi connectivity index (χ3v) is 4.66. The lowest BCUT2D eigenvalue weighted by atomic mass is 9.97. The predicted octanol–water partition coefficient (Wildman–Crippen LogP) is 5.59. The van der Waals surface area contributed by atoms with E-state index in [-0.39, 0.29) is 10.6 Å². The third kappa shape index (κ3) is 2.84. The number of methoxy groups -OCH3 is 1. The molecule has 0 saturated heterocycles. The molecule has 0 aliphatic rings. The standard InChI is InChI=1S/C16H15BrClFO/c1-9-8-12(18)10(2)7-11(9)16(17)15-13(19)5-4-6-14(15)20-3/h4-8,16H,1-3H3. The Hall–Kier alpha value is -1.06. The maximum atomic E-state index is 14.1. The molecule has 0 N–H and O–H groups in total. The minimum atomic E-state index is -0.293. The maximum absolute atomic E-state index is 14.1. The molecule has 0 amide bonds. The summed E-state index contributed by atoms with van der Waals surface area (Å²) in [5.74, 6) is 0.233. The first kappa shape index (κ1) is 15.3. The highest BCUT2D eigenvalue weighted by atomic mass is 79.9. The summed E-state index contributed by atoms with van der Waals surface area (Å²) < 4.78 is 19.4. The first-order valence-corrected chi connectivity index (χ1v) is 7.48. The fraction of sp³-hybridized carbons (Fsp3) is 0.250. The zero-order valence-corrected chi connectivity index (χ0v) is 13.8. The summed E-state index contributed by atoms with van der Waals surface area (Å²) in [6.45, 7) is 3.89. The number of hydrogen-bond donors (Lipinski definition) is 0. The number of rotatable bonds is 3. The molecule has 0 aliphatic carbocycles. The second-order valence-corrected chi connectivity index (χ2v) is 6.00. The highest BCUT2D eigenvalue weighted by molar-refractivity contribution is 9.09. The molecule has 1 nitrogen and oxygen atoms in total. The van der Waals surface area contributed by atoms with Crippen LogP contribution in [0.25, 0.3) is 0 Å². The molecule has 0 heterocycles. The molecular weight excluding hydrogens is 343 g/mol. The van der Waals surface area contributed by atoms with Crippen molar-refractivity contribution >= 4 is 27.5 Å². The lowest BCUT2D eigenvalue weighted by Gasteiger charge is -2.18. The Balaban J connectivity index is 2.57. The Labute approximate surface area is 131 Å². The van der Waals surface area contributed by atoms with Crippen LogP contribution in [0.2, 0.25) is 5.02 Å². The average Bonchev–Trinajstić information content (AvgIpc) is 2.41. The van der Waals surface area contributed by atoms with E-state index in [1.165, 1.54) is 13.2 Å². The van der Waals surface area contributed by atoms with Gasteiger partial charge < -0.3 is 4.74 Å². The van der Waals surface area contributed by atoms with Crippen molar-refractivity contribution in [2.24, 2.45) is 0 Å². The van der Waals surface area contributed by atoms with E-state index in [0.717, 1.165) is 16.7 Å². The zero-order valence-electron chi connectivity index (χ0n) is 11.5. The predicted molar refractivity (Wildman–Crippen MR) is 84.6 cm³/mol. The van der Waals surface area contributed by atoms with E-state index < -0.39 is 0 Å². The van der Waals surface area contributed by atoms with Gasteiger partial charge in [-0.15, -0.1) is 0 Å². The highest BCUT2D eigenvalue weighted by Crippen LogP contribution is 2.40. The third-order valence-electron chi connectivity index (χ3n) is 3.31. The van der Waals surface area contributed by atoms with Crippen molar-refractivity contribution in [3.05, 3.63) is 63.4 Å². The topological polar surface area (TPSA) is 9.23 Å². The van der Waals surface area contributed by atoms with Crippen LogP contribution in [0.15, 0.2) is 30.3 Å². The molecule has 1 atom stereocenters. The van der Waals surface area contributed by atoms with E-state index in [1.54, 1.807) is 12.1 Å². The van der Waals surface area contributed by atoms with Crippen LogP contribution < -0.4 is 4.74 Å². The van der Waals surface area contributed by atoms with Gasteiger partial charge in [0, 0.05) is 10.6 Å². The van der Waals surface area contributed by atoms with Crippen LogP contribution in [0.5, 0.6) is 5.75 Å². The SMILES string of the molecule is COc1cccc(F)c1C(Br)c1cc(C)c(Cl)cc1C. The Morgan fingerprint density at radius 3 is 2.55 bits per heavy atom. The molecule has 2 aromatic carbocycles. The van der Waals surface area contributed by atoms with Crippen LogP contribution in [0, 0.1) is 19.7 Å².